The molecule has 120 valence electrons. The molecule has 0 saturated carbocycles. The van der Waals surface area contributed by atoms with E-state index in [0.29, 0.717) is 23.0 Å². The van der Waals surface area contributed by atoms with Gasteiger partial charge in [-0.3, -0.25) is 0 Å². The molecule has 3 aromatic heterocycles. The van der Waals surface area contributed by atoms with Gasteiger partial charge in [0.1, 0.15) is 11.3 Å². The quantitative estimate of drug-likeness (QED) is 0.598. The lowest BCUT2D eigenvalue weighted by molar-refractivity contribution is 0.577. The number of nitrogens with one attached hydrogen (secondary N) is 2. The summed E-state index contributed by atoms with van der Waals surface area (Å²) in [6, 6.07) is 13.9. The van der Waals surface area contributed by atoms with E-state index in [2.05, 4.69) is 44.3 Å². The summed E-state index contributed by atoms with van der Waals surface area (Å²) in [7, 11) is 1.83. The van der Waals surface area contributed by atoms with Gasteiger partial charge in [-0.15, -0.1) is 0 Å². The minimum atomic E-state index is 0.136. The summed E-state index contributed by atoms with van der Waals surface area (Å²) in [5.74, 6) is 2.83. The van der Waals surface area contributed by atoms with E-state index in [-0.39, 0.29) is 5.92 Å². The molecule has 4 rings (SSSR count). The minimum Gasteiger partial charge on any atom is -0.461 e. The Labute approximate surface area is 139 Å². The van der Waals surface area contributed by atoms with Crippen molar-refractivity contribution >= 4 is 17.0 Å². The molecule has 6 nitrogen and oxygen atoms in total. The zero-order valence-electron chi connectivity index (χ0n) is 13.4. The van der Waals surface area contributed by atoms with E-state index in [1.54, 1.807) is 6.26 Å². The minimum absolute atomic E-state index is 0.136. The van der Waals surface area contributed by atoms with Gasteiger partial charge in [0.2, 0.25) is 0 Å². The van der Waals surface area contributed by atoms with E-state index in [1.165, 1.54) is 5.56 Å². The highest BCUT2D eigenvalue weighted by Crippen LogP contribution is 2.27. The molecule has 0 saturated heterocycles. The van der Waals surface area contributed by atoms with Crippen LogP contribution in [0.1, 0.15) is 24.2 Å². The van der Waals surface area contributed by atoms with Gasteiger partial charge in [0, 0.05) is 13.0 Å². The zero-order chi connectivity index (χ0) is 16.5. The van der Waals surface area contributed by atoms with E-state index < -0.39 is 0 Å². The fourth-order valence-electron chi connectivity index (χ4n) is 2.72. The Balaban J connectivity index is 1.83. The summed E-state index contributed by atoms with van der Waals surface area (Å²) < 4.78 is 5.40. The first kappa shape index (κ1) is 14.4. The van der Waals surface area contributed by atoms with Crippen molar-refractivity contribution in [2.24, 2.45) is 0 Å². The van der Waals surface area contributed by atoms with Crippen LogP contribution in [0.25, 0.3) is 22.7 Å². The van der Waals surface area contributed by atoms with E-state index in [1.807, 2.05) is 37.4 Å². The number of furan rings is 1. The molecule has 3 heterocycles. The Morgan fingerprint density at radius 3 is 2.58 bits per heavy atom. The first-order valence-electron chi connectivity index (χ1n) is 7.80. The molecule has 0 fully saturated rings. The van der Waals surface area contributed by atoms with Gasteiger partial charge in [-0.05, 0) is 17.7 Å². The van der Waals surface area contributed by atoms with Crippen LogP contribution >= 0.6 is 0 Å². The Morgan fingerprint density at radius 1 is 1.04 bits per heavy atom. The lowest BCUT2D eigenvalue weighted by Crippen LogP contribution is -1.98. The second-order valence-corrected chi connectivity index (χ2v) is 5.58. The van der Waals surface area contributed by atoms with Crippen LogP contribution in [0.2, 0.25) is 0 Å². The first-order chi connectivity index (χ1) is 11.8. The van der Waals surface area contributed by atoms with E-state index in [9.17, 15) is 0 Å². The second-order valence-electron chi connectivity index (χ2n) is 5.58. The van der Waals surface area contributed by atoms with Crippen LogP contribution in [-0.2, 0) is 0 Å². The van der Waals surface area contributed by atoms with Gasteiger partial charge in [0.15, 0.2) is 23.0 Å². The van der Waals surface area contributed by atoms with Gasteiger partial charge in [-0.2, -0.15) is 0 Å². The molecule has 24 heavy (non-hydrogen) atoms. The Hall–Kier alpha value is -3.15. The predicted octanol–water partition coefficient (Wildman–Crippen LogP) is 3.81. The molecular weight excluding hydrogens is 302 g/mol. The molecule has 0 bridgehead atoms. The molecular formula is C18H17N5O. The van der Waals surface area contributed by atoms with Crippen molar-refractivity contribution in [3.63, 3.8) is 0 Å². The number of H-pyrrole nitrogens is 1. The van der Waals surface area contributed by atoms with Crippen molar-refractivity contribution in [1.29, 1.82) is 0 Å². The van der Waals surface area contributed by atoms with Crippen LogP contribution < -0.4 is 5.32 Å². The molecule has 0 aliphatic heterocycles. The number of nitrogens with zero attached hydrogens (tertiary/aromatic N) is 3. The molecule has 6 heteroatoms. The largest absolute Gasteiger partial charge is 0.461 e. The number of rotatable bonds is 4. The number of hydrogen-bond donors (Lipinski definition) is 2. The fourth-order valence-corrected chi connectivity index (χ4v) is 2.72. The Bertz CT molecular complexity index is 960. The van der Waals surface area contributed by atoms with Crippen molar-refractivity contribution in [1.82, 2.24) is 19.9 Å². The highest BCUT2D eigenvalue weighted by atomic mass is 16.3. The number of hydrogen-bond acceptors (Lipinski definition) is 5. The third-order valence-electron chi connectivity index (χ3n) is 4.06. The van der Waals surface area contributed by atoms with Crippen molar-refractivity contribution < 1.29 is 4.42 Å². The number of imidazole rings is 1. The van der Waals surface area contributed by atoms with E-state index in [4.69, 9.17) is 4.42 Å². The monoisotopic (exact) mass is 319 g/mol. The molecule has 4 aromatic rings. The number of aromatic amines is 1. The number of aromatic nitrogens is 4. The average Bonchev–Trinajstić information content (AvgIpc) is 3.30. The molecule has 0 spiro atoms. The van der Waals surface area contributed by atoms with Gasteiger partial charge in [0.05, 0.1) is 6.26 Å². The van der Waals surface area contributed by atoms with Crippen molar-refractivity contribution in [2.75, 3.05) is 12.4 Å². The average molecular weight is 319 g/mol. The summed E-state index contributed by atoms with van der Waals surface area (Å²) >= 11 is 0. The molecule has 0 radical (unpaired) electrons. The van der Waals surface area contributed by atoms with Crippen LogP contribution in [0.15, 0.2) is 53.1 Å². The first-order valence-corrected chi connectivity index (χ1v) is 7.80. The molecule has 0 amide bonds. The second kappa shape index (κ2) is 5.81. The summed E-state index contributed by atoms with van der Waals surface area (Å²) in [5.41, 5.74) is 2.62. The van der Waals surface area contributed by atoms with E-state index in [0.717, 1.165) is 11.3 Å². The topological polar surface area (TPSA) is 79.6 Å². The molecule has 0 aliphatic carbocycles. The third kappa shape index (κ3) is 2.42. The smallest absolute Gasteiger partial charge is 0.199 e. The Morgan fingerprint density at radius 2 is 1.88 bits per heavy atom. The standard InChI is InChI=1S/C18H17N5O/c1-11(12-7-4-3-5-8-12)15-20-14-17(19-2)22-16(23-18(14)21-15)13-9-6-10-24-13/h3-11H,1-2H3,(H2,19,20,21,22,23). The van der Waals surface area contributed by atoms with Crippen molar-refractivity contribution in [2.45, 2.75) is 12.8 Å². The summed E-state index contributed by atoms with van der Waals surface area (Å²) in [6.07, 6.45) is 1.61. The van der Waals surface area contributed by atoms with Crippen LogP contribution in [0.4, 0.5) is 5.82 Å². The summed E-state index contributed by atoms with van der Waals surface area (Å²) in [5, 5.41) is 3.10. The maximum Gasteiger partial charge on any atom is 0.199 e. The van der Waals surface area contributed by atoms with Crippen LogP contribution in [-0.4, -0.2) is 27.0 Å². The third-order valence-corrected chi connectivity index (χ3v) is 4.06. The number of benzene rings is 1. The number of fused-ring (bicyclic) bond motifs is 1. The molecule has 1 aromatic carbocycles. The van der Waals surface area contributed by atoms with Gasteiger partial charge >= 0.3 is 0 Å². The fraction of sp³-hybridized carbons (Fsp3) is 0.167. The van der Waals surface area contributed by atoms with Crippen LogP contribution in [0.5, 0.6) is 0 Å². The summed E-state index contributed by atoms with van der Waals surface area (Å²) in [4.78, 5) is 17.1. The zero-order valence-corrected chi connectivity index (χ0v) is 13.4. The predicted molar refractivity (Wildman–Crippen MR) is 92.9 cm³/mol. The van der Waals surface area contributed by atoms with Gasteiger partial charge < -0.3 is 14.7 Å². The maximum absolute atomic E-state index is 5.40. The van der Waals surface area contributed by atoms with Crippen LogP contribution in [0, 0.1) is 0 Å². The normalized spacial score (nSPS) is 12.4. The van der Waals surface area contributed by atoms with E-state index >= 15 is 0 Å². The molecule has 1 atom stereocenters. The van der Waals surface area contributed by atoms with Gasteiger partial charge in [-0.1, -0.05) is 37.3 Å². The highest BCUT2D eigenvalue weighted by molar-refractivity contribution is 5.84. The molecule has 0 aliphatic rings. The molecule has 2 N–H and O–H groups in total. The van der Waals surface area contributed by atoms with Crippen molar-refractivity contribution in [3.05, 3.63) is 60.1 Å². The van der Waals surface area contributed by atoms with Gasteiger partial charge in [0.25, 0.3) is 0 Å². The highest BCUT2D eigenvalue weighted by Gasteiger charge is 2.18. The van der Waals surface area contributed by atoms with Crippen LogP contribution in [0.3, 0.4) is 0 Å². The molecule has 1 unspecified atom stereocenters. The lowest BCUT2D eigenvalue weighted by atomic mass is 10.0. The van der Waals surface area contributed by atoms with Gasteiger partial charge in [-0.25, -0.2) is 15.0 Å². The lowest BCUT2D eigenvalue weighted by Gasteiger charge is -2.07. The van der Waals surface area contributed by atoms with Crippen molar-refractivity contribution in [3.8, 4) is 11.6 Å². The summed E-state index contributed by atoms with van der Waals surface area (Å²) in [6.45, 7) is 2.12. The Kier molecular flexibility index (Phi) is 3.49. The maximum atomic E-state index is 5.40. The SMILES string of the molecule is CNc1nc(-c2ccco2)nc2nc(C(C)c3ccccc3)[nH]c12. The number of anilines is 1.